The van der Waals surface area contributed by atoms with Crippen molar-refractivity contribution < 1.29 is 14.6 Å². The van der Waals surface area contributed by atoms with Gasteiger partial charge in [0.2, 0.25) is 5.79 Å². The Morgan fingerprint density at radius 2 is 1.43 bits per heavy atom. The van der Waals surface area contributed by atoms with Crippen molar-refractivity contribution in [1.82, 2.24) is 0 Å². The van der Waals surface area contributed by atoms with Gasteiger partial charge in [0.15, 0.2) is 0 Å². The molecule has 142 valence electrons. The summed E-state index contributed by atoms with van der Waals surface area (Å²) in [5.74, 6) is -0.603. The van der Waals surface area contributed by atoms with Gasteiger partial charge in [0.1, 0.15) is 0 Å². The van der Waals surface area contributed by atoms with Gasteiger partial charge in [-0.25, -0.2) is 0 Å². The first-order valence-corrected chi connectivity index (χ1v) is 9.95. The molecule has 1 saturated heterocycles. The van der Waals surface area contributed by atoms with E-state index >= 15 is 0 Å². The molecule has 0 spiro atoms. The first-order valence-electron chi connectivity index (χ1n) is 9.95. The number of benzene rings is 3. The summed E-state index contributed by atoms with van der Waals surface area (Å²) < 4.78 is 12.6. The Labute approximate surface area is 165 Å². The number of hydrogen-bond donors (Lipinski definition) is 1. The van der Waals surface area contributed by atoms with Crippen molar-refractivity contribution in [3.63, 3.8) is 0 Å². The molecule has 0 amide bonds. The fourth-order valence-electron chi connectivity index (χ4n) is 4.88. The highest BCUT2D eigenvalue weighted by atomic mass is 16.7. The van der Waals surface area contributed by atoms with Crippen molar-refractivity contribution in [1.29, 1.82) is 0 Å². The molecule has 1 aliphatic heterocycles. The van der Waals surface area contributed by atoms with Crippen LogP contribution in [0, 0.1) is 5.92 Å². The third-order valence-corrected chi connectivity index (χ3v) is 6.08. The SMILES string of the molecule is OCC1Cc2ccccc2C1c1ccccc1C1(c2ccccc2)OCCO1. The van der Waals surface area contributed by atoms with Crippen LogP contribution in [0.3, 0.4) is 0 Å². The molecule has 28 heavy (non-hydrogen) atoms. The molecule has 1 N–H and O–H groups in total. The van der Waals surface area contributed by atoms with Gasteiger partial charge in [0.05, 0.1) is 13.2 Å². The molecular weight excluding hydrogens is 348 g/mol. The lowest BCUT2D eigenvalue weighted by Crippen LogP contribution is -2.31. The normalized spacial score (nSPS) is 22.9. The van der Waals surface area contributed by atoms with E-state index in [0.29, 0.717) is 13.2 Å². The second kappa shape index (κ2) is 7.17. The molecule has 2 unspecified atom stereocenters. The maximum atomic E-state index is 10.1. The summed E-state index contributed by atoms with van der Waals surface area (Å²) in [5, 5.41) is 10.1. The fraction of sp³-hybridized carbons (Fsp3) is 0.280. The minimum Gasteiger partial charge on any atom is -0.396 e. The molecule has 2 aliphatic rings. The van der Waals surface area contributed by atoms with Crippen LogP contribution in [-0.4, -0.2) is 24.9 Å². The van der Waals surface area contributed by atoms with Crippen molar-refractivity contribution in [3.8, 4) is 0 Å². The van der Waals surface area contributed by atoms with E-state index in [-0.39, 0.29) is 18.4 Å². The molecule has 1 fully saturated rings. The number of aliphatic hydroxyl groups is 1. The molecule has 3 heteroatoms. The van der Waals surface area contributed by atoms with Crippen LogP contribution < -0.4 is 0 Å². The van der Waals surface area contributed by atoms with Crippen LogP contribution in [0.5, 0.6) is 0 Å². The van der Waals surface area contributed by atoms with E-state index in [1.807, 2.05) is 24.3 Å². The van der Waals surface area contributed by atoms with Gasteiger partial charge in [-0.1, -0.05) is 78.9 Å². The van der Waals surface area contributed by atoms with E-state index in [0.717, 1.165) is 17.5 Å². The lowest BCUT2D eigenvalue weighted by atomic mass is 9.80. The van der Waals surface area contributed by atoms with E-state index in [1.165, 1.54) is 16.7 Å². The molecule has 0 saturated carbocycles. The highest BCUT2D eigenvalue weighted by Gasteiger charge is 2.44. The highest BCUT2D eigenvalue weighted by Crippen LogP contribution is 2.48. The zero-order valence-electron chi connectivity index (χ0n) is 15.8. The van der Waals surface area contributed by atoms with E-state index in [1.54, 1.807) is 0 Å². The Morgan fingerprint density at radius 3 is 2.18 bits per heavy atom. The zero-order valence-corrected chi connectivity index (χ0v) is 15.8. The average molecular weight is 372 g/mol. The summed E-state index contributed by atoms with van der Waals surface area (Å²) in [7, 11) is 0. The van der Waals surface area contributed by atoms with Crippen LogP contribution in [0.25, 0.3) is 0 Å². The van der Waals surface area contributed by atoms with E-state index in [9.17, 15) is 5.11 Å². The summed E-state index contributed by atoms with van der Waals surface area (Å²) in [4.78, 5) is 0. The number of fused-ring (bicyclic) bond motifs is 1. The van der Waals surface area contributed by atoms with Gasteiger partial charge < -0.3 is 14.6 Å². The molecule has 0 aromatic heterocycles. The van der Waals surface area contributed by atoms with Gasteiger partial charge in [-0.3, -0.25) is 0 Å². The highest BCUT2D eigenvalue weighted by molar-refractivity contribution is 5.49. The molecule has 2 atom stereocenters. The van der Waals surface area contributed by atoms with Crippen LogP contribution >= 0.6 is 0 Å². The van der Waals surface area contributed by atoms with Crippen LogP contribution in [0.4, 0.5) is 0 Å². The quantitative estimate of drug-likeness (QED) is 0.745. The molecule has 3 nitrogen and oxygen atoms in total. The molecule has 3 aromatic carbocycles. The zero-order chi connectivity index (χ0) is 19.0. The van der Waals surface area contributed by atoms with Crippen molar-refractivity contribution >= 4 is 0 Å². The minimum atomic E-state index is -0.893. The molecular formula is C25H24O3. The van der Waals surface area contributed by atoms with Gasteiger partial charge in [0.25, 0.3) is 0 Å². The Bertz CT molecular complexity index is 960. The smallest absolute Gasteiger partial charge is 0.222 e. The first-order chi connectivity index (χ1) is 13.8. The molecule has 3 aromatic rings. The lowest BCUT2D eigenvalue weighted by molar-refractivity contribution is -0.130. The van der Waals surface area contributed by atoms with Gasteiger partial charge in [0, 0.05) is 23.7 Å². The number of rotatable bonds is 4. The monoisotopic (exact) mass is 372 g/mol. The summed E-state index contributed by atoms with van der Waals surface area (Å²) in [5.41, 5.74) is 5.85. The average Bonchev–Trinajstić information content (AvgIpc) is 3.40. The van der Waals surface area contributed by atoms with Gasteiger partial charge in [-0.2, -0.15) is 0 Å². The topological polar surface area (TPSA) is 38.7 Å². The number of hydrogen-bond acceptors (Lipinski definition) is 3. The first kappa shape index (κ1) is 17.6. The number of aliphatic hydroxyl groups excluding tert-OH is 1. The van der Waals surface area contributed by atoms with Gasteiger partial charge >= 0.3 is 0 Å². The van der Waals surface area contributed by atoms with Crippen LogP contribution in [0.15, 0.2) is 78.9 Å². The Balaban J connectivity index is 1.70. The molecule has 0 radical (unpaired) electrons. The van der Waals surface area contributed by atoms with Crippen LogP contribution in [0.2, 0.25) is 0 Å². The molecule has 0 bridgehead atoms. The Kier molecular flexibility index (Phi) is 4.52. The van der Waals surface area contributed by atoms with Crippen LogP contribution in [-0.2, 0) is 21.7 Å². The molecule has 1 aliphatic carbocycles. The van der Waals surface area contributed by atoms with Crippen molar-refractivity contribution in [3.05, 3.63) is 107 Å². The van der Waals surface area contributed by atoms with E-state index in [2.05, 4.69) is 54.6 Å². The van der Waals surface area contributed by atoms with Gasteiger partial charge in [-0.15, -0.1) is 0 Å². The Hall–Kier alpha value is -2.46. The summed E-state index contributed by atoms with van der Waals surface area (Å²) in [6, 6.07) is 27.1. The summed E-state index contributed by atoms with van der Waals surface area (Å²) in [6.07, 6.45) is 0.895. The standard InChI is InChI=1S/C25H24O3/c26-17-19-16-18-8-4-5-11-21(18)24(19)22-12-6-7-13-23(22)25(27-14-15-28-25)20-9-2-1-3-10-20/h1-13,19,24,26H,14-17H2. The third kappa shape index (κ3) is 2.70. The van der Waals surface area contributed by atoms with E-state index < -0.39 is 5.79 Å². The lowest BCUT2D eigenvalue weighted by Gasteiger charge is -2.33. The second-order valence-corrected chi connectivity index (χ2v) is 7.59. The molecule has 1 heterocycles. The van der Waals surface area contributed by atoms with Gasteiger partial charge in [-0.05, 0) is 29.0 Å². The Morgan fingerprint density at radius 1 is 0.786 bits per heavy atom. The third-order valence-electron chi connectivity index (χ3n) is 6.08. The van der Waals surface area contributed by atoms with Crippen molar-refractivity contribution in [2.75, 3.05) is 19.8 Å². The maximum absolute atomic E-state index is 10.1. The summed E-state index contributed by atoms with van der Waals surface area (Å²) >= 11 is 0. The minimum absolute atomic E-state index is 0.130. The summed E-state index contributed by atoms with van der Waals surface area (Å²) in [6.45, 7) is 1.29. The van der Waals surface area contributed by atoms with E-state index in [4.69, 9.17) is 9.47 Å². The largest absolute Gasteiger partial charge is 0.396 e. The van der Waals surface area contributed by atoms with Crippen molar-refractivity contribution in [2.45, 2.75) is 18.1 Å². The van der Waals surface area contributed by atoms with Crippen molar-refractivity contribution in [2.24, 2.45) is 5.92 Å². The second-order valence-electron chi connectivity index (χ2n) is 7.59. The number of ether oxygens (including phenoxy) is 2. The predicted molar refractivity (Wildman–Crippen MR) is 108 cm³/mol. The fourth-order valence-corrected chi connectivity index (χ4v) is 4.88. The predicted octanol–water partition coefficient (Wildman–Crippen LogP) is 4.23. The maximum Gasteiger partial charge on any atom is 0.222 e. The van der Waals surface area contributed by atoms with Crippen LogP contribution in [0.1, 0.15) is 33.7 Å². The molecule has 5 rings (SSSR count).